The summed E-state index contributed by atoms with van der Waals surface area (Å²) in [5.41, 5.74) is 2.03. The third kappa shape index (κ3) is 3.72. The molecule has 7 heteroatoms. The Hall–Kier alpha value is -2.31. The van der Waals surface area contributed by atoms with E-state index in [0.717, 1.165) is 21.1 Å². The zero-order valence-corrected chi connectivity index (χ0v) is 14.1. The SMILES string of the molecule is Cc1cc(-c2cnc(C)s2)cc(C(=O)Nc2ccc(Cl)cn2)n1. The Balaban J connectivity index is 1.88. The summed E-state index contributed by atoms with van der Waals surface area (Å²) in [5, 5.41) is 4.20. The van der Waals surface area contributed by atoms with Crippen LogP contribution in [0, 0.1) is 13.8 Å². The Morgan fingerprint density at radius 2 is 2.00 bits per heavy atom. The summed E-state index contributed by atoms with van der Waals surface area (Å²) in [4.78, 5) is 26.0. The van der Waals surface area contributed by atoms with Gasteiger partial charge in [0.2, 0.25) is 0 Å². The molecule has 5 nitrogen and oxygen atoms in total. The average molecular weight is 345 g/mol. The molecule has 3 heterocycles. The molecule has 0 saturated heterocycles. The molecule has 0 aliphatic carbocycles. The molecule has 0 aliphatic rings. The van der Waals surface area contributed by atoms with E-state index in [4.69, 9.17) is 11.6 Å². The van der Waals surface area contributed by atoms with Crippen LogP contribution in [-0.4, -0.2) is 20.9 Å². The van der Waals surface area contributed by atoms with Crippen LogP contribution in [0.3, 0.4) is 0 Å². The van der Waals surface area contributed by atoms with Gasteiger partial charge in [-0.2, -0.15) is 0 Å². The van der Waals surface area contributed by atoms with E-state index in [-0.39, 0.29) is 5.91 Å². The number of carbonyl (C=O) groups excluding carboxylic acids is 1. The van der Waals surface area contributed by atoms with Gasteiger partial charge in [0, 0.05) is 18.1 Å². The minimum Gasteiger partial charge on any atom is -0.305 e. The number of aromatic nitrogens is 3. The molecule has 1 N–H and O–H groups in total. The molecule has 0 unspecified atom stereocenters. The van der Waals surface area contributed by atoms with Crippen LogP contribution in [0.2, 0.25) is 5.02 Å². The van der Waals surface area contributed by atoms with Crippen LogP contribution in [0.15, 0.2) is 36.7 Å². The average Bonchev–Trinajstić information content (AvgIpc) is 2.95. The standard InChI is InChI=1S/C16H13ClN4OS/c1-9-5-11(14-8-18-10(2)23-14)6-13(20-9)16(22)21-15-4-3-12(17)7-19-15/h3-8H,1-2H3,(H,19,21,22). The molecule has 0 spiro atoms. The van der Waals surface area contributed by atoms with E-state index in [2.05, 4.69) is 20.3 Å². The fourth-order valence-corrected chi connectivity index (χ4v) is 2.93. The Morgan fingerprint density at radius 3 is 2.65 bits per heavy atom. The van der Waals surface area contributed by atoms with Crippen molar-refractivity contribution in [3.8, 4) is 10.4 Å². The molecule has 0 saturated carbocycles. The van der Waals surface area contributed by atoms with Crippen molar-refractivity contribution in [1.29, 1.82) is 0 Å². The summed E-state index contributed by atoms with van der Waals surface area (Å²) in [6.07, 6.45) is 3.28. The molecule has 0 fully saturated rings. The number of anilines is 1. The highest BCUT2D eigenvalue weighted by atomic mass is 35.5. The van der Waals surface area contributed by atoms with Crippen LogP contribution in [0.1, 0.15) is 21.2 Å². The summed E-state index contributed by atoms with van der Waals surface area (Å²) in [5.74, 6) is 0.115. The minimum absolute atomic E-state index is 0.314. The number of pyridine rings is 2. The zero-order chi connectivity index (χ0) is 16.4. The number of amides is 1. The Morgan fingerprint density at radius 1 is 1.17 bits per heavy atom. The van der Waals surface area contributed by atoms with Crippen molar-refractivity contribution in [3.63, 3.8) is 0 Å². The number of nitrogens with one attached hydrogen (secondary N) is 1. The molecule has 0 aliphatic heterocycles. The van der Waals surface area contributed by atoms with Crippen LogP contribution < -0.4 is 5.32 Å². The predicted molar refractivity (Wildman–Crippen MR) is 92.0 cm³/mol. The van der Waals surface area contributed by atoms with Gasteiger partial charge in [-0.1, -0.05) is 11.6 Å². The van der Waals surface area contributed by atoms with Gasteiger partial charge in [0.25, 0.3) is 5.91 Å². The molecule has 1 amide bonds. The molecule has 3 aromatic heterocycles. The van der Waals surface area contributed by atoms with Crippen LogP contribution in [0.5, 0.6) is 0 Å². The fourth-order valence-electron chi connectivity index (χ4n) is 2.05. The van der Waals surface area contributed by atoms with Crippen molar-refractivity contribution in [2.45, 2.75) is 13.8 Å². The second-order valence-electron chi connectivity index (χ2n) is 4.94. The minimum atomic E-state index is -0.314. The van der Waals surface area contributed by atoms with Crippen molar-refractivity contribution in [1.82, 2.24) is 15.0 Å². The lowest BCUT2D eigenvalue weighted by atomic mass is 10.1. The molecule has 0 aromatic carbocycles. The lowest BCUT2D eigenvalue weighted by molar-refractivity contribution is 0.102. The van der Waals surface area contributed by atoms with E-state index in [1.165, 1.54) is 6.20 Å². The summed E-state index contributed by atoms with van der Waals surface area (Å²) < 4.78 is 0. The number of nitrogens with zero attached hydrogens (tertiary/aromatic N) is 3. The second kappa shape index (κ2) is 6.44. The second-order valence-corrected chi connectivity index (χ2v) is 6.61. The van der Waals surface area contributed by atoms with E-state index in [0.29, 0.717) is 16.5 Å². The highest BCUT2D eigenvalue weighted by Crippen LogP contribution is 2.26. The monoisotopic (exact) mass is 344 g/mol. The highest BCUT2D eigenvalue weighted by Gasteiger charge is 2.12. The first-order valence-electron chi connectivity index (χ1n) is 6.85. The normalized spacial score (nSPS) is 10.6. The molecule has 0 radical (unpaired) electrons. The number of hydrogen-bond donors (Lipinski definition) is 1. The third-order valence-corrected chi connectivity index (χ3v) is 4.25. The first kappa shape index (κ1) is 15.6. The molecule has 23 heavy (non-hydrogen) atoms. The summed E-state index contributed by atoms with van der Waals surface area (Å²) in [6.45, 7) is 3.80. The molecule has 0 bridgehead atoms. The molecule has 0 atom stereocenters. The van der Waals surface area contributed by atoms with Gasteiger partial charge in [0.1, 0.15) is 11.5 Å². The molecule has 3 rings (SSSR count). The Bertz CT molecular complexity index is 861. The number of rotatable bonds is 3. The van der Waals surface area contributed by atoms with Gasteiger partial charge in [-0.25, -0.2) is 15.0 Å². The van der Waals surface area contributed by atoms with E-state index in [9.17, 15) is 4.79 Å². The lowest BCUT2D eigenvalue weighted by Crippen LogP contribution is -2.15. The number of hydrogen-bond acceptors (Lipinski definition) is 5. The van der Waals surface area contributed by atoms with E-state index < -0.39 is 0 Å². The summed E-state index contributed by atoms with van der Waals surface area (Å²) >= 11 is 7.36. The van der Waals surface area contributed by atoms with E-state index >= 15 is 0 Å². The van der Waals surface area contributed by atoms with Crippen molar-refractivity contribution < 1.29 is 4.79 Å². The number of halogens is 1. The Kier molecular flexibility index (Phi) is 4.36. The maximum absolute atomic E-state index is 12.4. The lowest BCUT2D eigenvalue weighted by Gasteiger charge is -2.06. The predicted octanol–water partition coefficient (Wildman–Crippen LogP) is 4.12. The van der Waals surface area contributed by atoms with Gasteiger partial charge in [0.05, 0.1) is 14.9 Å². The Labute approximate surface area is 142 Å². The summed E-state index contributed by atoms with van der Waals surface area (Å²) in [6, 6.07) is 7.00. The molecule has 116 valence electrons. The van der Waals surface area contributed by atoms with Crippen molar-refractivity contribution in [2.24, 2.45) is 0 Å². The maximum Gasteiger partial charge on any atom is 0.275 e. The molecule has 3 aromatic rings. The van der Waals surface area contributed by atoms with Crippen molar-refractivity contribution in [2.75, 3.05) is 5.32 Å². The van der Waals surface area contributed by atoms with Gasteiger partial charge in [-0.3, -0.25) is 4.79 Å². The van der Waals surface area contributed by atoms with Gasteiger partial charge >= 0.3 is 0 Å². The first-order chi connectivity index (χ1) is 11.0. The smallest absolute Gasteiger partial charge is 0.275 e. The summed E-state index contributed by atoms with van der Waals surface area (Å²) in [7, 11) is 0. The van der Waals surface area contributed by atoms with Crippen LogP contribution in [0.25, 0.3) is 10.4 Å². The first-order valence-corrected chi connectivity index (χ1v) is 8.05. The van der Waals surface area contributed by atoms with Crippen LogP contribution in [0.4, 0.5) is 5.82 Å². The topological polar surface area (TPSA) is 67.8 Å². The molecular formula is C16H13ClN4OS. The zero-order valence-electron chi connectivity index (χ0n) is 12.5. The third-order valence-electron chi connectivity index (χ3n) is 3.06. The van der Waals surface area contributed by atoms with Crippen molar-refractivity contribution in [3.05, 3.63) is 58.1 Å². The molecular weight excluding hydrogens is 332 g/mol. The fraction of sp³-hybridized carbons (Fsp3) is 0.125. The van der Waals surface area contributed by atoms with Crippen LogP contribution in [-0.2, 0) is 0 Å². The van der Waals surface area contributed by atoms with E-state index in [1.807, 2.05) is 19.9 Å². The van der Waals surface area contributed by atoms with Crippen LogP contribution >= 0.6 is 22.9 Å². The number of aryl methyl sites for hydroxylation is 2. The van der Waals surface area contributed by atoms with E-state index in [1.54, 1.807) is 35.7 Å². The number of carbonyl (C=O) groups is 1. The van der Waals surface area contributed by atoms with Crippen molar-refractivity contribution >= 4 is 34.7 Å². The largest absolute Gasteiger partial charge is 0.305 e. The maximum atomic E-state index is 12.4. The number of thiazole rings is 1. The van der Waals surface area contributed by atoms with Gasteiger partial charge in [0.15, 0.2) is 0 Å². The van der Waals surface area contributed by atoms with Gasteiger partial charge in [-0.15, -0.1) is 11.3 Å². The highest BCUT2D eigenvalue weighted by molar-refractivity contribution is 7.15. The van der Waals surface area contributed by atoms with Gasteiger partial charge < -0.3 is 5.32 Å². The quantitative estimate of drug-likeness (QED) is 0.776. The van der Waals surface area contributed by atoms with Gasteiger partial charge in [-0.05, 0) is 43.7 Å².